The van der Waals surface area contributed by atoms with E-state index in [4.69, 9.17) is 4.99 Å². The van der Waals surface area contributed by atoms with Gasteiger partial charge in [0, 0.05) is 37.8 Å². The van der Waals surface area contributed by atoms with Crippen LogP contribution in [-0.4, -0.2) is 41.3 Å². The van der Waals surface area contributed by atoms with Crippen LogP contribution < -0.4 is 0 Å². The molecule has 176 valence electrons. The highest BCUT2D eigenvalue weighted by Gasteiger charge is 2.26. The molecule has 0 aliphatic carbocycles. The maximum absolute atomic E-state index is 5.24. The Hall–Kier alpha value is -2.65. The fourth-order valence-corrected chi connectivity index (χ4v) is 4.62. The van der Waals surface area contributed by atoms with Crippen LogP contribution in [0, 0.1) is 19.8 Å². The molecule has 3 heteroatoms. The average molecular weight is 444 g/mol. The summed E-state index contributed by atoms with van der Waals surface area (Å²) in [5.41, 5.74) is 7.70. The summed E-state index contributed by atoms with van der Waals surface area (Å²) in [5.74, 6) is 1.70. The lowest BCUT2D eigenvalue weighted by atomic mass is 9.97. The normalized spacial score (nSPS) is 18.5. The molecule has 33 heavy (non-hydrogen) atoms. The summed E-state index contributed by atoms with van der Waals surface area (Å²) >= 11 is 0. The highest BCUT2D eigenvalue weighted by molar-refractivity contribution is 5.87. The number of benzene rings is 2. The zero-order chi connectivity index (χ0) is 24.0. The number of hydrogen-bond donors (Lipinski definition) is 0. The second kappa shape index (κ2) is 11.5. The van der Waals surface area contributed by atoms with Gasteiger partial charge in [-0.2, -0.15) is 0 Å². The Morgan fingerprint density at radius 1 is 1.06 bits per heavy atom. The summed E-state index contributed by atoms with van der Waals surface area (Å²) in [6.07, 6.45) is 3.14. The minimum atomic E-state index is 0.315. The van der Waals surface area contributed by atoms with E-state index in [1.54, 1.807) is 0 Å². The first-order chi connectivity index (χ1) is 15.8. The highest BCUT2D eigenvalue weighted by Crippen LogP contribution is 2.27. The van der Waals surface area contributed by atoms with E-state index in [0.717, 1.165) is 44.1 Å². The molecule has 0 spiro atoms. The zero-order valence-electron chi connectivity index (χ0n) is 21.4. The zero-order valence-corrected chi connectivity index (χ0v) is 21.4. The largest absolute Gasteiger partial charge is 0.357 e. The van der Waals surface area contributed by atoms with Crippen molar-refractivity contribution in [3.05, 3.63) is 89.0 Å². The number of aryl methyl sites for hydroxylation is 2. The van der Waals surface area contributed by atoms with Crippen LogP contribution in [0.25, 0.3) is 5.70 Å². The molecule has 1 aliphatic rings. The van der Waals surface area contributed by atoms with E-state index in [9.17, 15) is 0 Å². The molecule has 2 aromatic rings. The SMILES string of the molecule is C=CC1CN(C(C)=N/C(=C(\C)CC(C)C)c2ccc(C)c(C)c2)CCN1Cc1ccccc1. The average Bonchev–Trinajstić information content (AvgIpc) is 2.79. The lowest BCUT2D eigenvalue weighted by Crippen LogP contribution is -2.53. The Labute approximate surface area is 201 Å². The molecule has 3 nitrogen and oxygen atoms in total. The number of hydrogen-bond acceptors (Lipinski definition) is 2. The maximum atomic E-state index is 5.24. The summed E-state index contributed by atoms with van der Waals surface area (Å²) < 4.78 is 0. The fourth-order valence-electron chi connectivity index (χ4n) is 4.62. The summed E-state index contributed by atoms with van der Waals surface area (Å²) in [7, 11) is 0. The van der Waals surface area contributed by atoms with E-state index in [1.165, 1.54) is 27.8 Å². The molecule has 1 fully saturated rings. The number of rotatable bonds is 7. The van der Waals surface area contributed by atoms with Gasteiger partial charge in [0.1, 0.15) is 5.84 Å². The van der Waals surface area contributed by atoms with Crippen molar-refractivity contribution < 1.29 is 0 Å². The van der Waals surface area contributed by atoms with Crippen LogP contribution in [0.2, 0.25) is 0 Å². The minimum absolute atomic E-state index is 0.315. The monoisotopic (exact) mass is 443 g/mol. The summed E-state index contributed by atoms with van der Waals surface area (Å²) in [4.78, 5) is 10.2. The van der Waals surface area contributed by atoms with Crippen molar-refractivity contribution in [3.8, 4) is 0 Å². The second-order valence-electron chi connectivity index (χ2n) is 9.89. The van der Waals surface area contributed by atoms with Gasteiger partial charge in [-0.05, 0) is 68.4 Å². The molecule has 1 atom stereocenters. The molecule has 0 saturated carbocycles. The van der Waals surface area contributed by atoms with Crippen LogP contribution in [-0.2, 0) is 6.54 Å². The molecule has 1 aliphatic heterocycles. The molecule has 1 unspecified atom stereocenters. The van der Waals surface area contributed by atoms with Gasteiger partial charge < -0.3 is 4.90 Å². The second-order valence-corrected chi connectivity index (χ2v) is 9.89. The number of amidine groups is 1. The summed E-state index contributed by atoms with van der Waals surface area (Å²) in [6, 6.07) is 17.8. The van der Waals surface area contributed by atoms with Crippen molar-refractivity contribution in [3.63, 3.8) is 0 Å². The van der Waals surface area contributed by atoms with E-state index in [-0.39, 0.29) is 0 Å². The van der Waals surface area contributed by atoms with Crippen LogP contribution in [0.5, 0.6) is 0 Å². The first kappa shape index (κ1) is 25.0. The van der Waals surface area contributed by atoms with Crippen molar-refractivity contribution >= 4 is 11.5 Å². The summed E-state index contributed by atoms with van der Waals surface area (Å²) in [6.45, 7) is 21.3. The smallest absolute Gasteiger partial charge is 0.102 e. The molecule has 2 aromatic carbocycles. The standard InChI is InChI=1S/C30H41N3/c1-8-29-21-32(16-17-33(29)20-27-12-10-9-11-13-27)26(7)31-30(25(6)18-22(2)3)28-15-14-23(4)24(5)19-28/h8-15,19,22,29H,1,16-18,20-21H2,2-7H3/b30-25+,31-26?. The Morgan fingerprint density at radius 2 is 1.79 bits per heavy atom. The van der Waals surface area contributed by atoms with Gasteiger partial charge in [0.15, 0.2) is 0 Å². The third-order valence-electron chi connectivity index (χ3n) is 6.66. The van der Waals surface area contributed by atoms with Gasteiger partial charge in [-0.1, -0.05) is 62.4 Å². The van der Waals surface area contributed by atoms with Crippen molar-refractivity contribution in [2.45, 2.75) is 60.5 Å². The van der Waals surface area contributed by atoms with Crippen LogP contribution >= 0.6 is 0 Å². The van der Waals surface area contributed by atoms with Gasteiger partial charge in [-0.25, -0.2) is 4.99 Å². The number of allylic oxidation sites excluding steroid dienone is 1. The molecular formula is C30H41N3. The Morgan fingerprint density at radius 3 is 2.42 bits per heavy atom. The van der Waals surface area contributed by atoms with E-state index in [2.05, 4.69) is 113 Å². The van der Waals surface area contributed by atoms with Crippen LogP contribution in [0.1, 0.15) is 56.4 Å². The summed E-state index contributed by atoms with van der Waals surface area (Å²) in [5, 5.41) is 0. The molecule has 3 rings (SSSR count). The third kappa shape index (κ3) is 6.68. The van der Waals surface area contributed by atoms with Gasteiger partial charge in [0.05, 0.1) is 5.70 Å². The van der Waals surface area contributed by atoms with E-state index < -0.39 is 0 Å². The molecule has 1 heterocycles. The molecule has 1 saturated heterocycles. The van der Waals surface area contributed by atoms with Crippen molar-refractivity contribution in [1.82, 2.24) is 9.80 Å². The predicted molar refractivity (Wildman–Crippen MR) is 143 cm³/mol. The van der Waals surface area contributed by atoms with Gasteiger partial charge in [-0.3, -0.25) is 4.90 Å². The topological polar surface area (TPSA) is 18.8 Å². The number of piperazine rings is 1. The lowest BCUT2D eigenvalue weighted by Gasteiger charge is -2.41. The van der Waals surface area contributed by atoms with E-state index >= 15 is 0 Å². The molecule has 0 aromatic heterocycles. The van der Waals surface area contributed by atoms with Crippen molar-refractivity contribution in [1.29, 1.82) is 0 Å². The van der Waals surface area contributed by atoms with Crippen LogP contribution in [0.15, 0.2) is 71.8 Å². The van der Waals surface area contributed by atoms with Gasteiger partial charge >= 0.3 is 0 Å². The Balaban J connectivity index is 1.83. The lowest BCUT2D eigenvalue weighted by molar-refractivity contribution is 0.132. The minimum Gasteiger partial charge on any atom is -0.357 e. The van der Waals surface area contributed by atoms with Gasteiger partial charge in [0.2, 0.25) is 0 Å². The third-order valence-corrected chi connectivity index (χ3v) is 6.66. The van der Waals surface area contributed by atoms with E-state index in [1.807, 2.05) is 0 Å². The molecular weight excluding hydrogens is 402 g/mol. The Bertz CT molecular complexity index is 1000. The van der Waals surface area contributed by atoms with Gasteiger partial charge in [-0.15, -0.1) is 6.58 Å². The first-order valence-corrected chi connectivity index (χ1v) is 12.3. The molecule has 0 bridgehead atoms. The van der Waals surface area contributed by atoms with E-state index in [0.29, 0.717) is 12.0 Å². The maximum Gasteiger partial charge on any atom is 0.102 e. The molecule has 0 N–H and O–H groups in total. The molecule has 0 amide bonds. The number of nitrogens with zero attached hydrogens (tertiary/aromatic N) is 3. The fraction of sp³-hybridized carbons (Fsp3) is 0.433. The molecule has 0 radical (unpaired) electrons. The van der Waals surface area contributed by atoms with Crippen molar-refractivity contribution in [2.24, 2.45) is 10.9 Å². The highest BCUT2D eigenvalue weighted by atomic mass is 15.3. The van der Waals surface area contributed by atoms with Gasteiger partial charge in [0.25, 0.3) is 0 Å². The Kier molecular flexibility index (Phi) is 8.68. The van der Waals surface area contributed by atoms with Crippen LogP contribution in [0.3, 0.4) is 0 Å². The number of aliphatic imine (C=N–C) groups is 1. The predicted octanol–water partition coefficient (Wildman–Crippen LogP) is 6.87. The van der Waals surface area contributed by atoms with Crippen LogP contribution in [0.4, 0.5) is 0 Å². The van der Waals surface area contributed by atoms with Crippen molar-refractivity contribution in [2.75, 3.05) is 19.6 Å². The first-order valence-electron chi connectivity index (χ1n) is 12.3. The quantitative estimate of drug-likeness (QED) is 0.264.